The average Bonchev–Trinajstić information content (AvgIpc) is 2.17. The van der Waals surface area contributed by atoms with Crippen molar-refractivity contribution in [1.82, 2.24) is 0 Å². The van der Waals surface area contributed by atoms with Crippen molar-refractivity contribution in [3.05, 3.63) is 11.7 Å². The zero-order chi connectivity index (χ0) is 7.72. The third-order valence-corrected chi connectivity index (χ3v) is 1.29. The molecule has 0 bridgehead atoms. The molecule has 0 saturated carbocycles. The van der Waals surface area contributed by atoms with E-state index >= 15 is 0 Å². The molecular weight excluding hydrogens is 140 g/mol. The van der Waals surface area contributed by atoms with Crippen LogP contribution in [-0.2, 0) is 4.74 Å². The molecule has 58 valence electrons. The monoisotopic (exact) mass is 148 g/mol. The number of rotatable bonds is 1. The summed E-state index contributed by atoms with van der Waals surface area (Å²) < 4.78 is 4.42. The summed E-state index contributed by atoms with van der Waals surface area (Å²) in [6.07, 6.45) is -2.26. The van der Waals surface area contributed by atoms with Gasteiger partial charge in [0.05, 0.1) is 6.61 Å². The fourth-order valence-corrected chi connectivity index (χ4v) is 0.708. The predicted molar refractivity (Wildman–Crippen MR) is 30.2 cm³/mol. The fourth-order valence-electron chi connectivity index (χ4n) is 0.708. The van der Waals surface area contributed by atoms with Crippen molar-refractivity contribution in [2.24, 2.45) is 0 Å². The van der Waals surface area contributed by atoms with Crippen LogP contribution in [0.25, 0.3) is 0 Å². The highest BCUT2D eigenvalue weighted by Crippen LogP contribution is 2.20. The molecule has 2 atom stereocenters. The topological polar surface area (TPSA) is 90.2 Å². The molecule has 5 heteroatoms. The van der Waals surface area contributed by atoms with Crippen LogP contribution in [0.1, 0.15) is 0 Å². The minimum atomic E-state index is -1.31. The lowest BCUT2D eigenvalue weighted by atomic mass is 10.2. The van der Waals surface area contributed by atoms with Gasteiger partial charge in [-0.25, -0.2) is 0 Å². The predicted octanol–water partition coefficient (Wildman–Crippen LogP) is -0.977. The second-order valence-corrected chi connectivity index (χ2v) is 1.97. The van der Waals surface area contributed by atoms with Crippen LogP contribution >= 0.6 is 0 Å². The van der Waals surface area contributed by atoms with Crippen LogP contribution in [0.15, 0.2) is 11.7 Å². The molecule has 5 nitrogen and oxygen atoms in total. The minimum absolute atomic E-state index is 0.449. The van der Waals surface area contributed by atoms with Gasteiger partial charge in [0.25, 0.3) is 0 Å². The second-order valence-electron chi connectivity index (χ2n) is 1.97. The molecule has 0 spiro atoms. The molecule has 0 amide bonds. The van der Waals surface area contributed by atoms with Crippen LogP contribution in [0.4, 0.5) is 0 Å². The summed E-state index contributed by atoms with van der Waals surface area (Å²) in [6, 6.07) is 0. The number of aliphatic hydroxyl groups is 4. The fraction of sp³-hybridized carbons (Fsp3) is 0.600. The Kier molecular flexibility index (Phi) is 1.69. The highest BCUT2D eigenvalue weighted by Gasteiger charge is 2.35. The maximum Gasteiger partial charge on any atom is 0.319 e. The number of ether oxygens (including phenoxy) is 1. The first-order valence-electron chi connectivity index (χ1n) is 2.74. The first-order chi connectivity index (χ1) is 4.66. The van der Waals surface area contributed by atoms with Crippen molar-refractivity contribution >= 4 is 0 Å². The Balaban J connectivity index is 2.67. The number of aliphatic hydroxyl groups excluding tert-OH is 4. The van der Waals surface area contributed by atoms with Gasteiger partial charge in [0, 0.05) is 0 Å². The van der Waals surface area contributed by atoms with E-state index < -0.39 is 30.5 Å². The Morgan fingerprint density at radius 2 is 2.00 bits per heavy atom. The lowest BCUT2D eigenvalue weighted by Crippen LogP contribution is -2.27. The van der Waals surface area contributed by atoms with Gasteiger partial charge in [-0.1, -0.05) is 0 Å². The van der Waals surface area contributed by atoms with Crippen molar-refractivity contribution in [1.29, 1.82) is 0 Å². The minimum Gasteiger partial charge on any atom is -0.504 e. The van der Waals surface area contributed by atoms with Gasteiger partial charge in [0.1, 0.15) is 0 Å². The van der Waals surface area contributed by atoms with Gasteiger partial charge in [-0.05, 0) is 0 Å². The summed E-state index contributed by atoms with van der Waals surface area (Å²) in [5.41, 5.74) is 0. The summed E-state index contributed by atoms with van der Waals surface area (Å²) in [4.78, 5) is 0. The summed E-state index contributed by atoms with van der Waals surface area (Å²) in [6.45, 7) is -0.449. The molecule has 0 unspecified atom stereocenters. The molecule has 0 aromatic rings. The van der Waals surface area contributed by atoms with E-state index in [1.165, 1.54) is 0 Å². The van der Waals surface area contributed by atoms with Crippen LogP contribution in [-0.4, -0.2) is 39.2 Å². The highest BCUT2D eigenvalue weighted by molar-refractivity contribution is 5.07. The standard InChI is InChI=1S/C5H8O5/c6-1-2-3(7)4(8)5(9)10-2/h2-3,6-9H,1H2/t2-,3-/m0/s1. The molecule has 0 saturated heterocycles. The van der Waals surface area contributed by atoms with Gasteiger partial charge in [-0.2, -0.15) is 0 Å². The van der Waals surface area contributed by atoms with Gasteiger partial charge in [-0.3, -0.25) is 0 Å². The highest BCUT2D eigenvalue weighted by atomic mass is 16.6. The van der Waals surface area contributed by atoms with E-state index in [-0.39, 0.29) is 0 Å². The molecule has 0 aromatic carbocycles. The normalized spacial score (nSPS) is 32.6. The molecule has 1 aliphatic rings. The van der Waals surface area contributed by atoms with Crippen LogP contribution in [0.3, 0.4) is 0 Å². The lowest BCUT2D eigenvalue weighted by molar-refractivity contribution is -0.0223. The van der Waals surface area contributed by atoms with E-state index in [9.17, 15) is 0 Å². The molecule has 0 aromatic heterocycles. The molecule has 0 radical (unpaired) electrons. The molecule has 0 aliphatic carbocycles. The summed E-state index contributed by atoms with van der Waals surface area (Å²) in [7, 11) is 0. The first-order valence-corrected chi connectivity index (χ1v) is 2.74. The van der Waals surface area contributed by atoms with Gasteiger partial charge in [0.2, 0.25) is 5.76 Å². The molecule has 10 heavy (non-hydrogen) atoms. The number of hydrogen-bond acceptors (Lipinski definition) is 5. The summed E-state index contributed by atoms with van der Waals surface area (Å²) >= 11 is 0. The molecule has 1 heterocycles. The zero-order valence-electron chi connectivity index (χ0n) is 5.06. The van der Waals surface area contributed by atoms with E-state index in [1.54, 1.807) is 0 Å². The van der Waals surface area contributed by atoms with Crippen molar-refractivity contribution in [2.45, 2.75) is 12.2 Å². The van der Waals surface area contributed by atoms with Crippen LogP contribution in [0.5, 0.6) is 0 Å². The van der Waals surface area contributed by atoms with Crippen LogP contribution < -0.4 is 0 Å². The molecule has 1 aliphatic heterocycles. The van der Waals surface area contributed by atoms with E-state index in [4.69, 9.17) is 20.4 Å². The van der Waals surface area contributed by atoms with Crippen molar-refractivity contribution in [2.75, 3.05) is 6.61 Å². The zero-order valence-corrected chi connectivity index (χ0v) is 5.06. The SMILES string of the molecule is OC[C@@H]1OC(O)=C(O)[C@H]1O. The van der Waals surface area contributed by atoms with Crippen molar-refractivity contribution < 1.29 is 25.2 Å². The van der Waals surface area contributed by atoms with E-state index in [2.05, 4.69) is 4.74 Å². The Hall–Kier alpha value is -0.940. The molecule has 0 fully saturated rings. The van der Waals surface area contributed by atoms with Gasteiger partial charge < -0.3 is 25.2 Å². The molecule has 4 N–H and O–H groups in total. The van der Waals surface area contributed by atoms with E-state index in [0.29, 0.717) is 0 Å². The maximum atomic E-state index is 8.88. The van der Waals surface area contributed by atoms with E-state index in [1.807, 2.05) is 0 Å². The van der Waals surface area contributed by atoms with Crippen molar-refractivity contribution in [3.63, 3.8) is 0 Å². The smallest absolute Gasteiger partial charge is 0.319 e. The summed E-state index contributed by atoms with van der Waals surface area (Å²) in [5, 5.41) is 34.6. The number of hydrogen-bond donors (Lipinski definition) is 4. The summed E-state index contributed by atoms with van der Waals surface area (Å²) in [5.74, 6) is -1.34. The maximum absolute atomic E-state index is 8.88. The van der Waals surface area contributed by atoms with Gasteiger partial charge in [-0.15, -0.1) is 0 Å². The van der Waals surface area contributed by atoms with Crippen molar-refractivity contribution in [3.8, 4) is 0 Å². The van der Waals surface area contributed by atoms with Gasteiger partial charge >= 0.3 is 5.95 Å². The van der Waals surface area contributed by atoms with Crippen LogP contribution in [0.2, 0.25) is 0 Å². The van der Waals surface area contributed by atoms with Gasteiger partial charge in [0.15, 0.2) is 12.2 Å². The quantitative estimate of drug-likeness (QED) is 0.384. The lowest BCUT2D eigenvalue weighted by Gasteiger charge is -2.09. The molecule has 1 rings (SSSR count). The Morgan fingerprint density at radius 1 is 1.40 bits per heavy atom. The average molecular weight is 148 g/mol. The Morgan fingerprint density at radius 3 is 2.20 bits per heavy atom. The Labute approximate surface area is 56.8 Å². The third-order valence-electron chi connectivity index (χ3n) is 1.29. The second kappa shape index (κ2) is 2.36. The van der Waals surface area contributed by atoms with Crippen LogP contribution in [0, 0.1) is 0 Å². The third kappa shape index (κ3) is 0.891. The first kappa shape index (κ1) is 7.17. The Bertz CT molecular complexity index is 163. The molecular formula is C5H8O5. The van der Waals surface area contributed by atoms with E-state index in [0.717, 1.165) is 0 Å². The largest absolute Gasteiger partial charge is 0.504 e.